The van der Waals surface area contributed by atoms with Gasteiger partial charge in [0.25, 0.3) is 5.56 Å². The highest BCUT2D eigenvalue weighted by atomic mass is 16.1. The van der Waals surface area contributed by atoms with E-state index >= 15 is 0 Å². The molecule has 1 atom stereocenters. The Kier molecular flexibility index (Phi) is 8.33. The molecule has 7 nitrogen and oxygen atoms in total. The van der Waals surface area contributed by atoms with Crippen LogP contribution >= 0.6 is 0 Å². The zero-order valence-corrected chi connectivity index (χ0v) is 23.7. The highest BCUT2D eigenvalue weighted by molar-refractivity contribution is 5.80. The first-order valence-corrected chi connectivity index (χ1v) is 14.9. The van der Waals surface area contributed by atoms with E-state index < -0.39 is 6.04 Å². The molecule has 1 aliphatic rings. The maximum absolute atomic E-state index is 13.9. The fourth-order valence-corrected chi connectivity index (χ4v) is 6.20. The van der Waals surface area contributed by atoms with Gasteiger partial charge in [0.1, 0.15) is 6.04 Å². The molecule has 1 saturated carbocycles. The molecule has 6 rings (SSSR count). The van der Waals surface area contributed by atoms with Gasteiger partial charge in [-0.2, -0.15) is 0 Å². The Bertz CT molecular complexity index is 1620. The van der Waals surface area contributed by atoms with Crippen molar-refractivity contribution in [1.29, 1.82) is 0 Å². The molecule has 0 unspecified atom stereocenters. The molecule has 0 amide bonds. The molecule has 0 saturated heterocycles. The van der Waals surface area contributed by atoms with E-state index in [1.165, 1.54) is 36.0 Å². The minimum Gasteiger partial charge on any atom is -0.322 e. The molecule has 0 radical (unpaired) electrons. The van der Waals surface area contributed by atoms with E-state index in [-0.39, 0.29) is 11.6 Å². The molecule has 2 heterocycles. The van der Waals surface area contributed by atoms with Crippen LogP contribution in [-0.2, 0) is 19.4 Å². The number of nitrogens with zero attached hydrogens (tertiary/aromatic N) is 5. The summed E-state index contributed by atoms with van der Waals surface area (Å²) in [5, 5.41) is 14.4. The minimum atomic E-state index is -0.408. The van der Waals surface area contributed by atoms with E-state index in [0.29, 0.717) is 12.1 Å². The standard InChI is InChI=1S/C34H38N6O/c1-2-25-18-19-31-28(22-25)23-30(34(41)35-31)32(33-36-37-38-40(33)29-16-10-5-11-17-29)39(24-27-14-8-4-9-15-27)21-20-26-12-6-3-7-13-26/h3-4,6-9,12-15,18-19,22-23,29,32H,2,5,10-11,16-17,20-21,24H2,1H3,(H,35,41)/t32-/m0/s1. The number of hydrogen-bond donors (Lipinski definition) is 1. The number of hydrogen-bond acceptors (Lipinski definition) is 5. The van der Waals surface area contributed by atoms with Gasteiger partial charge in [-0.15, -0.1) is 5.10 Å². The van der Waals surface area contributed by atoms with E-state index in [1.54, 1.807) is 0 Å². The predicted octanol–water partition coefficient (Wildman–Crippen LogP) is 6.42. The fraction of sp³-hybridized carbons (Fsp3) is 0.353. The zero-order chi connectivity index (χ0) is 28.0. The van der Waals surface area contributed by atoms with E-state index in [4.69, 9.17) is 0 Å². The fourth-order valence-electron chi connectivity index (χ4n) is 6.20. The minimum absolute atomic E-state index is 0.0947. The molecule has 1 fully saturated rings. The summed E-state index contributed by atoms with van der Waals surface area (Å²) in [6.45, 7) is 3.57. The second-order valence-corrected chi connectivity index (χ2v) is 11.2. The number of tetrazole rings is 1. The summed E-state index contributed by atoms with van der Waals surface area (Å²) in [7, 11) is 0. The third-order valence-electron chi connectivity index (χ3n) is 8.45. The monoisotopic (exact) mass is 546 g/mol. The Balaban J connectivity index is 1.49. The van der Waals surface area contributed by atoms with Gasteiger partial charge < -0.3 is 4.98 Å². The van der Waals surface area contributed by atoms with Crippen LogP contribution in [-0.4, -0.2) is 36.6 Å². The van der Waals surface area contributed by atoms with Crippen molar-refractivity contribution in [3.63, 3.8) is 0 Å². The van der Waals surface area contributed by atoms with Gasteiger partial charge in [-0.1, -0.05) is 92.9 Å². The second-order valence-electron chi connectivity index (χ2n) is 11.2. The first-order valence-electron chi connectivity index (χ1n) is 14.9. The lowest BCUT2D eigenvalue weighted by atomic mass is 9.94. The van der Waals surface area contributed by atoms with Gasteiger partial charge in [-0.05, 0) is 76.4 Å². The van der Waals surface area contributed by atoms with E-state index in [0.717, 1.165) is 49.0 Å². The molecule has 0 aliphatic heterocycles. The molecule has 1 aliphatic carbocycles. The molecule has 1 N–H and O–H groups in total. The van der Waals surface area contributed by atoms with Crippen molar-refractivity contribution in [2.45, 2.75) is 70.5 Å². The van der Waals surface area contributed by atoms with Gasteiger partial charge in [0.05, 0.1) is 6.04 Å². The van der Waals surface area contributed by atoms with E-state index in [9.17, 15) is 4.79 Å². The van der Waals surface area contributed by atoms with Crippen molar-refractivity contribution in [1.82, 2.24) is 30.1 Å². The number of rotatable bonds is 10. The van der Waals surface area contributed by atoms with Gasteiger partial charge >= 0.3 is 0 Å². The summed E-state index contributed by atoms with van der Waals surface area (Å²) in [6.07, 6.45) is 7.49. The van der Waals surface area contributed by atoms with Crippen molar-refractivity contribution in [3.8, 4) is 0 Å². The Morgan fingerprint density at radius 3 is 2.37 bits per heavy atom. The number of benzene rings is 3. The van der Waals surface area contributed by atoms with Crippen molar-refractivity contribution >= 4 is 10.9 Å². The summed E-state index contributed by atoms with van der Waals surface area (Å²) in [4.78, 5) is 19.4. The predicted molar refractivity (Wildman–Crippen MR) is 163 cm³/mol. The average Bonchev–Trinajstić information content (AvgIpc) is 3.51. The molecular formula is C34H38N6O. The lowest BCUT2D eigenvalue weighted by Gasteiger charge is -2.33. The van der Waals surface area contributed by atoms with Gasteiger partial charge in [0.2, 0.25) is 0 Å². The van der Waals surface area contributed by atoms with Gasteiger partial charge in [-0.3, -0.25) is 9.69 Å². The maximum Gasteiger partial charge on any atom is 0.253 e. The van der Waals surface area contributed by atoms with Crippen molar-refractivity contribution in [2.24, 2.45) is 0 Å². The van der Waals surface area contributed by atoms with E-state index in [1.807, 2.05) is 22.9 Å². The van der Waals surface area contributed by atoms with Crippen LogP contribution in [0.15, 0.2) is 89.7 Å². The summed E-state index contributed by atoms with van der Waals surface area (Å²) in [5.74, 6) is 0.748. The smallest absolute Gasteiger partial charge is 0.253 e. The molecule has 2 aromatic heterocycles. The SMILES string of the molecule is CCc1ccc2[nH]c(=O)c([C@@H](c3nnnn3C3CCCCC3)N(CCc3ccccc3)Cc3ccccc3)cc2c1. The Labute approximate surface area is 241 Å². The van der Waals surface area contributed by atoms with Gasteiger partial charge in [0.15, 0.2) is 5.82 Å². The molecule has 0 spiro atoms. The summed E-state index contributed by atoms with van der Waals surface area (Å²) in [5.41, 5.74) is 5.12. The van der Waals surface area contributed by atoms with Crippen LogP contribution in [0.1, 0.15) is 79.2 Å². The van der Waals surface area contributed by atoms with Crippen LogP contribution in [0, 0.1) is 0 Å². The van der Waals surface area contributed by atoms with Crippen LogP contribution in [0.25, 0.3) is 10.9 Å². The number of aromatic nitrogens is 5. The number of fused-ring (bicyclic) bond motifs is 1. The molecule has 0 bridgehead atoms. The van der Waals surface area contributed by atoms with Crippen LogP contribution in [0.5, 0.6) is 0 Å². The number of aromatic amines is 1. The molecule has 41 heavy (non-hydrogen) atoms. The number of nitrogens with one attached hydrogen (secondary N) is 1. The van der Waals surface area contributed by atoms with Crippen molar-refractivity contribution in [2.75, 3.05) is 6.54 Å². The number of H-pyrrole nitrogens is 1. The van der Waals surface area contributed by atoms with Crippen LogP contribution in [0.3, 0.4) is 0 Å². The number of aryl methyl sites for hydroxylation is 1. The Hall–Kier alpha value is -4.10. The Morgan fingerprint density at radius 1 is 0.902 bits per heavy atom. The lowest BCUT2D eigenvalue weighted by molar-refractivity contribution is 0.197. The molecule has 7 heteroatoms. The van der Waals surface area contributed by atoms with Crippen LogP contribution < -0.4 is 5.56 Å². The molecule has 5 aromatic rings. The topological polar surface area (TPSA) is 79.7 Å². The highest BCUT2D eigenvalue weighted by Gasteiger charge is 2.33. The van der Waals surface area contributed by atoms with Crippen LogP contribution in [0.4, 0.5) is 0 Å². The summed E-state index contributed by atoms with van der Waals surface area (Å²) < 4.78 is 2.02. The summed E-state index contributed by atoms with van der Waals surface area (Å²) >= 11 is 0. The molecular weight excluding hydrogens is 508 g/mol. The summed E-state index contributed by atoms with van der Waals surface area (Å²) in [6, 6.07) is 29.2. The lowest BCUT2D eigenvalue weighted by Crippen LogP contribution is -2.37. The van der Waals surface area contributed by atoms with Crippen molar-refractivity contribution < 1.29 is 0 Å². The first kappa shape index (κ1) is 27.1. The quantitative estimate of drug-likeness (QED) is 0.219. The van der Waals surface area contributed by atoms with Crippen LogP contribution in [0.2, 0.25) is 0 Å². The molecule has 210 valence electrons. The zero-order valence-electron chi connectivity index (χ0n) is 23.7. The largest absolute Gasteiger partial charge is 0.322 e. The Morgan fingerprint density at radius 2 is 1.63 bits per heavy atom. The molecule has 3 aromatic carbocycles. The van der Waals surface area contributed by atoms with Gasteiger partial charge in [-0.25, -0.2) is 4.68 Å². The average molecular weight is 547 g/mol. The normalized spacial score (nSPS) is 15.0. The van der Waals surface area contributed by atoms with Crippen molar-refractivity contribution in [3.05, 3.63) is 123 Å². The number of pyridine rings is 1. The maximum atomic E-state index is 13.9. The van der Waals surface area contributed by atoms with E-state index in [2.05, 4.69) is 99.1 Å². The second kappa shape index (κ2) is 12.6. The third-order valence-corrected chi connectivity index (χ3v) is 8.45. The highest BCUT2D eigenvalue weighted by Crippen LogP contribution is 2.34. The third kappa shape index (κ3) is 6.15. The first-order chi connectivity index (χ1) is 20.2. The van der Waals surface area contributed by atoms with Gasteiger partial charge in [0, 0.05) is 24.2 Å².